The normalized spacial score (nSPS) is 36.2. The molecule has 0 spiro atoms. The van der Waals surface area contributed by atoms with Gasteiger partial charge >= 0.3 is 0 Å². The van der Waals surface area contributed by atoms with Crippen molar-refractivity contribution in [1.29, 1.82) is 0 Å². The van der Waals surface area contributed by atoms with Crippen molar-refractivity contribution in [3.8, 4) is 0 Å². The van der Waals surface area contributed by atoms with E-state index in [4.69, 9.17) is 14.6 Å². The molecule has 0 aromatic rings. The number of aliphatic hydroxyl groups excluding tert-OH is 1. The molecule has 0 aromatic heterocycles. The Bertz CT molecular complexity index is 182. The highest BCUT2D eigenvalue weighted by molar-refractivity contribution is 4.72. The Balaban J connectivity index is 1.59. The van der Waals surface area contributed by atoms with Crippen LogP contribution in [0.4, 0.5) is 0 Å². The maximum absolute atomic E-state index is 9.06. The summed E-state index contributed by atoms with van der Waals surface area (Å²) in [6.45, 7) is 2.07. The average Bonchev–Trinajstić information content (AvgIpc) is 2.38. The van der Waals surface area contributed by atoms with E-state index in [-0.39, 0.29) is 6.29 Å². The van der Waals surface area contributed by atoms with Crippen LogP contribution in [0.1, 0.15) is 44.9 Å². The second-order valence-corrected chi connectivity index (χ2v) is 5.20. The van der Waals surface area contributed by atoms with E-state index in [1.807, 2.05) is 0 Å². The van der Waals surface area contributed by atoms with Crippen LogP contribution in [0, 0.1) is 11.8 Å². The minimum absolute atomic E-state index is 0.0596. The summed E-state index contributed by atoms with van der Waals surface area (Å²) in [6.07, 6.45) is 8.28. The summed E-state index contributed by atoms with van der Waals surface area (Å²) in [4.78, 5) is 0. The molecule has 16 heavy (non-hydrogen) atoms. The lowest BCUT2D eigenvalue weighted by atomic mass is 9.83. The summed E-state index contributed by atoms with van der Waals surface area (Å²) < 4.78 is 11.4. The SMILES string of the molecule is OCC1CCC(COC2CCCCO2)CC1. The second-order valence-electron chi connectivity index (χ2n) is 5.20. The van der Waals surface area contributed by atoms with Crippen molar-refractivity contribution in [1.82, 2.24) is 0 Å². The van der Waals surface area contributed by atoms with Gasteiger partial charge in [0.1, 0.15) is 0 Å². The van der Waals surface area contributed by atoms with Crippen LogP contribution in [-0.4, -0.2) is 31.2 Å². The zero-order valence-corrected chi connectivity index (χ0v) is 10.1. The number of ether oxygens (including phenoxy) is 2. The van der Waals surface area contributed by atoms with Crippen molar-refractivity contribution in [3.05, 3.63) is 0 Å². The highest BCUT2D eigenvalue weighted by Gasteiger charge is 2.22. The summed E-state index contributed by atoms with van der Waals surface area (Å²) >= 11 is 0. The van der Waals surface area contributed by atoms with Crippen molar-refractivity contribution in [3.63, 3.8) is 0 Å². The Kier molecular flexibility index (Phi) is 5.07. The molecule has 0 radical (unpaired) electrons. The highest BCUT2D eigenvalue weighted by Crippen LogP contribution is 2.29. The molecule has 0 amide bonds. The molecule has 94 valence electrons. The maximum atomic E-state index is 9.06. The number of aliphatic hydroxyl groups is 1. The first kappa shape index (κ1) is 12.3. The second kappa shape index (κ2) is 6.58. The standard InChI is InChI=1S/C13H24O3/c14-9-11-4-6-12(7-5-11)10-16-13-3-1-2-8-15-13/h11-14H,1-10H2. The molecule has 1 aliphatic heterocycles. The van der Waals surface area contributed by atoms with Gasteiger partial charge in [-0.1, -0.05) is 0 Å². The minimum Gasteiger partial charge on any atom is -0.396 e. The number of hydrogen-bond donors (Lipinski definition) is 1. The van der Waals surface area contributed by atoms with Crippen LogP contribution >= 0.6 is 0 Å². The van der Waals surface area contributed by atoms with Gasteiger partial charge in [-0.05, 0) is 56.8 Å². The van der Waals surface area contributed by atoms with Crippen LogP contribution in [0.5, 0.6) is 0 Å². The zero-order chi connectivity index (χ0) is 11.2. The highest BCUT2D eigenvalue weighted by atomic mass is 16.7. The van der Waals surface area contributed by atoms with Gasteiger partial charge < -0.3 is 14.6 Å². The molecular weight excluding hydrogens is 204 g/mol. The molecule has 2 fully saturated rings. The van der Waals surface area contributed by atoms with E-state index >= 15 is 0 Å². The largest absolute Gasteiger partial charge is 0.396 e. The van der Waals surface area contributed by atoms with E-state index in [2.05, 4.69) is 0 Å². The van der Waals surface area contributed by atoms with Gasteiger partial charge in [0.25, 0.3) is 0 Å². The van der Waals surface area contributed by atoms with Crippen molar-refractivity contribution >= 4 is 0 Å². The summed E-state index contributed by atoms with van der Waals surface area (Å²) in [7, 11) is 0. The monoisotopic (exact) mass is 228 g/mol. The van der Waals surface area contributed by atoms with Gasteiger partial charge in [-0.2, -0.15) is 0 Å². The Labute approximate surface area is 98.1 Å². The van der Waals surface area contributed by atoms with Crippen molar-refractivity contribution < 1.29 is 14.6 Å². The van der Waals surface area contributed by atoms with Crippen molar-refractivity contribution in [2.24, 2.45) is 11.8 Å². The fourth-order valence-corrected chi connectivity index (χ4v) is 2.67. The first-order valence-corrected chi connectivity index (χ1v) is 6.72. The van der Waals surface area contributed by atoms with E-state index in [1.54, 1.807) is 0 Å². The smallest absolute Gasteiger partial charge is 0.157 e. The molecule has 1 aliphatic carbocycles. The Morgan fingerprint density at radius 1 is 1.00 bits per heavy atom. The van der Waals surface area contributed by atoms with Gasteiger partial charge in [-0.15, -0.1) is 0 Å². The van der Waals surface area contributed by atoms with Gasteiger partial charge in [0.2, 0.25) is 0 Å². The molecule has 0 bridgehead atoms. The van der Waals surface area contributed by atoms with Gasteiger partial charge in [0, 0.05) is 13.2 Å². The van der Waals surface area contributed by atoms with Crippen LogP contribution in [0.25, 0.3) is 0 Å². The van der Waals surface area contributed by atoms with E-state index < -0.39 is 0 Å². The Hall–Kier alpha value is -0.120. The third kappa shape index (κ3) is 3.72. The summed E-state index contributed by atoms with van der Waals surface area (Å²) in [5, 5.41) is 9.06. The number of rotatable bonds is 4. The summed E-state index contributed by atoms with van der Waals surface area (Å²) in [5.41, 5.74) is 0. The lowest BCUT2D eigenvalue weighted by Gasteiger charge is -2.29. The number of hydrogen-bond acceptors (Lipinski definition) is 3. The van der Waals surface area contributed by atoms with E-state index in [0.29, 0.717) is 18.4 Å². The molecule has 2 rings (SSSR count). The molecule has 1 saturated heterocycles. The van der Waals surface area contributed by atoms with Crippen molar-refractivity contribution in [2.45, 2.75) is 51.2 Å². The molecule has 1 N–H and O–H groups in total. The fourth-order valence-electron chi connectivity index (χ4n) is 2.67. The quantitative estimate of drug-likeness (QED) is 0.802. The third-order valence-corrected chi connectivity index (χ3v) is 3.88. The van der Waals surface area contributed by atoms with Gasteiger partial charge in [0.05, 0.1) is 6.61 Å². The molecule has 3 heteroatoms. The Morgan fingerprint density at radius 3 is 2.38 bits per heavy atom. The zero-order valence-electron chi connectivity index (χ0n) is 10.1. The molecular formula is C13H24O3. The van der Waals surface area contributed by atoms with E-state index in [9.17, 15) is 0 Å². The third-order valence-electron chi connectivity index (χ3n) is 3.88. The Morgan fingerprint density at radius 2 is 1.75 bits per heavy atom. The van der Waals surface area contributed by atoms with Crippen LogP contribution in [0.2, 0.25) is 0 Å². The van der Waals surface area contributed by atoms with E-state index in [0.717, 1.165) is 32.5 Å². The molecule has 1 saturated carbocycles. The predicted molar refractivity (Wildman–Crippen MR) is 62.1 cm³/mol. The lowest BCUT2D eigenvalue weighted by Crippen LogP contribution is -2.27. The van der Waals surface area contributed by atoms with Crippen LogP contribution in [0.15, 0.2) is 0 Å². The van der Waals surface area contributed by atoms with Gasteiger partial charge in [0.15, 0.2) is 6.29 Å². The molecule has 1 unspecified atom stereocenters. The fraction of sp³-hybridized carbons (Fsp3) is 1.00. The molecule has 1 heterocycles. The molecule has 0 aromatic carbocycles. The lowest BCUT2D eigenvalue weighted by molar-refractivity contribution is -0.170. The molecule has 1 atom stereocenters. The van der Waals surface area contributed by atoms with Crippen LogP contribution < -0.4 is 0 Å². The van der Waals surface area contributed by atoms with Gasteiger partial charge in [-0.25, -0.2) is 0 Å². The summed E-state index contributed by atoms with van der Waals surface area (Å²) in [5.74, 6) is 1.23. The average molecular weight is 228 g/mol. The maximum Gasteiger partial charge on any atom is 0.157 e. The summed E-state index contributed by atoms with van der Waals surface area (Å²) in [6, 6.07) is 0. The van der Waals surface area contributed by atoms with Gasteiger partial charge in [-0.3, -0.25) is 0 Å². The van der Waals surface area contributed by atoms with Crippen LogP contribution in [-0.2, 0) is 9.47 Å². The predicted octanol–water partition coefficient (Wildman–Crippen LogP) is 2.33. The van der Waals surface area contributed by atoms with Crippen LogP contribution in [0.3, 0.4) is 0 Å². The van der Waals surface area contributed by atoms with Crippen molar-refractivity contribution in [2.75, 3.05) is 19.8 Å². The topological polar surface area (TPSA) is 38.7 Å². The molecule has 2 aliphatic rings. The van der Waals surface area contributed by atoms with E-state index in [1.165, 1.54) is 25.7 Å². The minimum atomic E-state index is 0.0596. The first-order chi connectivity index (χ1) is 7.88. The first-order valence-electron chi connectivity index (χ1n) is 6.72. The molecule has 3 nitrogen and oxygen atoms in total.